The van der Waals surface area contributed by atoms with E-state index in [2.05, 4.69) is 10.2 Å². The highest BCUT2D eigenvalue weighted by Crippen LogP contribution is 2.50. The second-order valence-corrected chi connectivity index (χ2v) is 8.98. The van der Waals surface area contributed by atoms with E-state index in [4.69, 9.17) is 11.6 Å². The van der Waals surface area contributed by atoms with E-state index in [1.54, 1.807) is 19.1 Å². The van der Waals surface area contributed by atoms with Crippen molar-refractivity contribution in [3.05, 3.63) is 112 Å². The summed E-state index contributed by atoms with van der Waals surface area (Å²) >= 11 is 6.68. The molecule has 3 aromatic carbocycles. The summed E-state index contributed by atoms with van der Waals surface area (Å²) in [5.41, 5.74) is 3.58. The third-order valence-corrected chi connectivity index (χ3v) is 6.70. The predicted octanol–water partition coefficient (Wildman–Crippen LogP) is 5.67. The zero-order chi connectivity index (χ0) is 22.3. The summed E-state index contributed by atoms with van der Waals surface area (Å²) in [7, 11) is 0. The summed E-state index contributed by atoms with van der Waals surface area (Å²) in [6, 6.07) is 26.6. The van der Waals surface area contributed by atoms with Crippen molar-refractivity contribution in [3.63, 3.8) is 0 Å². The number of halogens is 1. The Balaban J connectivity index is 1.77. The number of hydrogen-bond acceptors (Lipinski definition) is 3. The van der Waals surface area contributed by atoms with Crippen molar-refractivity contribution in [3.8, 4) is 11.3 Å². The maximum atomic E-state index is 13.9. The van der Waals surface area contributed by atoms with Gasteiger partial charge in [-0.25, -0.2) is 0 Å². The van der Waals surface area contributed by atoms with Gasteiger partial charge < -0.3 is 5.11 Å². The smallest absolute Gasteiger partial charge is 0.169 e. The highest BCUT2D eigenvalue weighted by atomic mass is 35.5. The molecule has 0 aliphatic heterocycles. The normalized spacial score (nSPS) is 22.3. The second kappa shape index (κ2) is 8.05. The Morgan fingerprint density at radius 1 is 1.00 bits per heavy atom. The van der Waals surface area contributed by atoms with Crippen molar-refractivity contribution in [1.29, 1.82) is 0 Å². The molecular formula is C27H23ClN2O2. The summed E-state index contributed by atoms with van der Waals surface area (Å²) in [6.45, 7) is 1.73. The van der Waals surface area contributed by atoms with E-state index >= 15 is 0 Å². The Morgan fingerprint density at radius 2 is 1.62 bits per heavy atom. The number of aromatic amines is 1. The van der Waals surface area contributed by atoms with Gasteiger partial charge in [-0.2, -0.15) is 5.10 Å². The Kier molecular flexibility index (Phi) is 5.20. The number of fused-ring (bicyclic) bond motifs is 1. The van der Waals surface area contributed by atoms with Crippen LogP contribution < -0.4 is 0 Å². The first-order valence-electron chi connectivity index (χ1n) is 10.7. The fourth-order valence-corrected chi connectivity index (χ4v) is 5.20. The monoisotopic (exact) mass is 442 g/mol. The van der Waals surface area contributed by atoms with E-state index in [-0.39, 0.29) is 5.78 Å². The van der Waals surface area contributed by atoms with Crippen LogP contribution in [0, 0.1) is 5.92 Å². The van der Waals surface area contributed by atoms with Gasteiger partial charge in [-0.15, -0.1) is 0 Å². The van der Waals surface area contributed by atoms with Crippen LogP contribution in [0.5, 0.6) is 0 Å². The molecule has 4 nitrogen and oxygen atoms in total. The van der Waals surface area contributed by atoms with E-state index in [1.165, 1.54) is 0 Å². The zero-order valence-electron chi connectivity index (χ0n) is 17.6. The Labute approximate surface area is 191 Å². The van der Waals surface area contributed by atoms with Gasteiger partial charge in [-0.1, -0.05) is 90.5 Å². The quantitative estimate of drug-likeness (QED) is 0.400. The number of nitrogens with zero attached hydrogens (tertiary/aromatic N) is 1. The van der Waals surface area contributed by atoms with Crippen molar-refractivity contribution in [2.24, 2.45) is 5.92 Å². The van der Waals surface area contributed by atoms with Gasteiger partial charge in [0.15, 0.2) is 5.78 Å². The molecule has 0 saturated heterocycles. The van der Waals surface area contributed by atoms with Crippen LogP contribution in [-0.2, 0) is 6.42 Å². The number of nitrogens with one attached hydrogen (secondary N) is 1. The molecule has 0 amide bonds. The third-order valence-electron chi connectivity index (χ3n) is 6.36. The minimum absolute atomic E-state index is 0.105. The number of H-pyrrole nitrogens is 1. The molecule has 5 heteroatoms. The maximum absolute atomic E-state index is 13.9. The van der Waals surface area contributed by atoms with Gasteiger partial charge in [-0.3, -0.25) is 9.89 Å². The molecule has 0 radical (unpaired) electrons. The van der Waals surface area contributed by atoms with Gasteiger partial charge in [0.25, 0.3) is 0 Å². The molecule has 0 spiro atoms. The highest BCUT2D eigenvalue weighted by molar-refractivity contribution is 6.31. The van der Waals surface area contributed by atoms with Crippen molar-refractivity contribution >= 4 is 17.4 Å². The van der Waals surface area contributed by atoms with Crippen LogP contribution in [0.4, 0.5) is 0 Å². The molecule has 0 fully saturated rings. The number of aromatic nitrogens is 2. The molecule has 1 aliphatic carbocycles. The SMILES string of the molecule is CC1(O)Cc2[nH]nc(-c3ccccc3)c2C(c2ccccc2Cl)C1C(=O)c1ccccc1. The predicted molar refractivity (Wildman–Crippen MR) is 126 cm³/mol. The molecule has 0 bridgehead atoms. The summed E-state index contributed by atoms with van der Waals surface area (Å²) in [5.74, 6) is -1.28. The molecule has 1 aromatic heterocycles. The van der Waals surface area contributed by atoms with E-state index in [1.807, 2.05) is 72.8 Å². The van der Waals surface area contributed by atoms with Gasteiger partial charge in [0.1, 0.15) is 0 Å². The number of carbonyl (C=O) groups is 1. The average Bonchev–Trinajstić information content (AvgIpc) is 3.21. The van der Waals surface area contributed by atoms with Gasteiger partial charge >= 0.3 is 0 Å². The molecule has 4 aromatic rings. The summed E-state index contributed by atoms with van der Waals surface area (Å²) in [5, 5.41) is 19.9. The lowest BCUT2D eigenvalue weighted by Crippen LogP contribution is -2.48. The van der Waals surface area contributed by atoms with E-state index in [0.29, 0.717) is 17.0 Å². The van der Waals surface area contributed by atoms with Gasteiger partial charge in [0.05, 0.1) is 17.2 Å². The summed E-state index contributed by atoms with van der Waals surface area (Å²) in [6.07, 6.45) is 0.298. The third kappa shape index (κ3) is 3.46. The van der Waals surface area contributed by atoms with Crippen molar-refractivity contribution in [2.45, 2.75) is 24.9 Å². The molecule has 0 saturated carbocycles. The number of aliphatic hydroxyl groups is 1. The minimum atomic E-state index is -1.29. The molecule has 160 valence electrons. The fraction of sp³-hybridized carbons (Fsp3) is 0.185. The largest absolute Gasteiger partial charge is 0.389 e. The first-order chi connectivity index (χ1) is 15.5. The number of Topliss-reactive ketones (excluding diaryl/α,β-unsaturated/α-hetero) is 1. The lowest BCUT2D eigenvalue weighted by atomic mass is 9.63. The lowest BCUT2D eigenvalue weighted by Gasteiger charge is -2.42. The number of rotatable bonds is 4. The first-order valence-corrected chi connectivity index (χ1v) is 11.0. The van der Waals surface area contributed by atoms with E-state index in [9.17, 15) is 9.90 Å². The van der Waals surface area contributed by atoms with Crippen molar-refractivity contribution in [1.82, 2.24) is 10.2 Å². The highest BCUT2D eigenvalue weighted by Gasteiger charge is 2.50. The summed E-state index contributed by atoms with van der Waals surface area (Å²) in [4.78, 5) is 13.9. The number of benzene rings is 3. The van der Waals surface area contributed by atoms with Gasteiger partial charge in [0.2, 0.25) is 0 Å². The molecule has 5 rings (SSSR count). The van der Waals surface area contributed by atoms with Crippen LogP contribution in [0.1, 0.15) is 40.0 Å². The van der Waals surface area contributed by atoms with E-state index in [0.717, 1.165) is 28.1 Å². The molecule has 32 heavy (non-hydrogen) atoms. The molecule has 3 atom stereocenters. The molecule has 1 heterocycles. The Hall–Kier alpha value is -3.21. The maximum Gasteiger partial charge on any atom is 0.169 e. The van der Waals surface area contributed by atoms with Crippen LogP contribution in [0.3, 0.4) is 0 Å². The molecular weight excluding hydrogens is 420 g/mol. The lowest BCUT2D eigenvalue weighted by molar-refractivity contribution is -0.00732. The molecule has 2 N–H and O–H groups in total. The zero-order valence-corrected chi connectivity index (χ0v) is 18.4. The van der Waals surface area contributed by atoms with Crippen LogP contribution in [0.15, 0.2) is 84.9 Å². The number of hydrogen-bond donors (Lipinski definition) is 2. The fourth-order valence-electron chi connectivity index (χ4n) is 4.94. The van der Waals surface area contributed by atoms with Crippen LogP contribution >= 0.6 is 11.6 Å². The van der Waals surface area contributed by atoms with Crippen LogP contribution in [-0.4, -0.2) is 26.7 Å². The first kappa shape index (κ1) is 20.7. The summed E-state index contributed by atoms with van der Waals surface area (Å²) < 4.78 is 0. The molecule has 1 aliphatic rings. The van der Waals surface area contributed by atoms with Crippen molar-refractivity contribution in [2.75, 3.05) is 0 Å². The average molecular weight is 443 g/mol. The van der Waals surface area contributed by atoms with Crippen LogP contribution in [0.25, 0.3) is 11.3 Å². The van der Waals surface area contributed by atoms with Gasteiger partial charge in [0, 0.05) is 39.7 Å². The van der Waals surface area contributed by atoms with Crippen LogP contribution in [0.2, 0.25) is 5.02 Å². The Bertz CT molecular complexity index is 1270. The Morgan fingerprint density at radius 3 is 2.31 bits per heavy atom. The topological polar surface area (TPSA) is 66.0 Å². The van der Waals surface area contributed by atoms with E-state index < -0.39 is 17.4 Å². The standard InChI is InChI=1S/C27H23ClN2O2/c1-27(32)16-21-23(25(30-29-21)17-10-4-2-5-11-17)22(19-14-8-9-15-20(19)28)24(27)26(31)18-12-6-3-7-13-18/h2-15,22,24,32H,16H2,1H3,(H,29,30). The number of ketones is 1. The van der Waals surface area contributed by atoms with Crippen molar-refractivity contribution < 1.29 is 9.90 Å². The number of carbonyl (C=O) groups excluding carboxylic acids is 1. The van der Waals surface area contributed by atoms with Gasteiger partial charge in [-0.05, 0) is 18.6 Å². The molecule has 3 unspecified atom stereocenters. The minimum Gasteiger partial charge on any atom is -0.389 e. The second-order valence-electron chi connectivity index (χ2n) is 8.57.